The molecule has 1 saturated heterocycles. The Morgan fingerprint density at radius 1 is 1.14 bits per heavy atom. The van der Waals surface area contributed by atoms with E-state index in [2.05, 4.69) is 20.3 Å². The summed E-state index contributed by atoms with van der Waals surface area (Å²) in [4.78, 5) is 13.4. The molecular formula is C20H21FN4O2S. The number of nitrogens with one attached hydrogen (secondary N) is 1. The Kier molecular flexibility index (Phi) is 4.82. The molecule has 8 heteroatoms. The molecule has 3 aromatic rings. The molecule has 1 aromatic carbocycles. The minimum Gasteiger partial charge on any atom is -0.473 e. The monoisotopic (exact) mass is 400 g/mol. The number of anilines is 1. The van der Waals surface area contributed by atoms with E-state index in [4.69, 9.17) is 9.47 Å². The molecule has 1 N–H and O–H groups in total. The third-order valence-corrected chi connectivity index (χ3v) is 6.32. The number of thiazole rings is 1. The van der Waals surface area contributed by atoms with Crippen LogP contribution in [-0.2, 0) is 4.74 Å². The lowest BCUT2D eigenvalue weighted by Gasteiger charge is -2.36. The van der Waals surface area contributed by atoms with Crippen LogP contribution in [0.3, 0.4) is 0 Å². The topological polar surface area (TPSA) is 69.2 Å². The average Bonchev–Trinajstić information content (AvgIpc) is 3.09. The maximum atomic E-state index is 13.3. The van der Waals surface area contributed by atoms with Gasteiger partial charge in [0.2, 0.25) is 5.88 Å². The second-order valence-corrected chi connectivity index (χ2v) is 8.35. The number of halogens is 1. The molecule has 0 amide bonds. The van der Waals surface area contributed by atoms with Crippen LogP contribution < -0.4 is 10.1 Å². The molecular weight excluding hydrogens is 379 g/mol. The Morgan fingerprint density at radius 3 is 2.82 bits per heavy atom. The van der Waals surface area contributed by atoms with Crippen LogP contribution in [0.1, 0.15) is 37.3 Å². The number of hydrogen-bond donors (Lipinski definition) is 1. The van der Waals surface area contributed by atoms with Crippen LogP contribution in [0.5, 0.6) is 5.88 Å². The minimum absolute atomic E-state index is 0.125. The second-order valence-electron chi connectivity index (χ2n) is 7.32. The van der Waals surface area contributed by atoms with E-state index in [0.29, 0.717) is 23.4 Å². The smallest absolute Gasteiger partial charge is 0.236 e. The molecule has 0 spiro atoms. The highest BCUT2D eigenvalue weighted by Gasteiger charge is 2.33. The van der Waals surface area contributed by atoms with Gasteiger partial charge in [-0.15, -0.1) is 0 Å². The predicted molar refractivity (Wildman–Crippen MR) is 105 cm³/mol. The van der Waals surface area contributed by atoms with Gasteiger partial charge in [0.15, 0.2) is 5.13 Å². The summed E-state index contributed by atoms with van der Waals surface area (Å²) >= 11 is 1.55. The Hall–Kier alpha value is -2.32. The first kappa shape index (κ1) is 17.8. The zero-order valence-corrected chi connectivity index (χ0v) is 16.1. The number of aromatic nitrogens is 3. The van der Waals surface area contributed by atoms with Gasteiger partial charge in [-0.05, 0) is 25.0 Å². The SMILES string of the molecule is Fc1ccc2sc(N[C@H]3C[C@H](Oc4nccnc4C4CCOCC4)C3)nc2c1. The Morgan fingerprint density at radius 2 is 1.96 bits per heavy atom. The van der Waals surface area contributed by atoms with E-state index in [1.54, 1.807) is 29.8 Å². The number of ether oxygens (including phenoxy) is 2. The van der Waals surface area contributed by atoms with Gasteiger partial charge in [-0.3, -0.25) is 4.98 Å². The number of fused-ring (bicyclic) bond motifs is 1. The lowest BCUT2D eigenvalue weighted by molar-refractivity contribution is 0.0780. The fourth-order valence-electron chi connectivity index (χ4n) is 3.75. The fourth-order valence-corrected chi connectivity index (χ4v) is 4.68. The molecule has 0 unspecified atom stereocenters. The maximum Gasteiger partial charge on any atom is 0.236 e. The van der Waals surface area contributed by atoms with Crippen molar-refractivity contribution in [2.24, 2.45) is 0 Å². The minimum atomic E-state index is -0.259. The highest BCUT2D eigenvalue weighted by Crippen LogP contribution is 2.35. The van der Waals surface area contributed by atoms with E-state index in [9.17, 15) is 4.39 Å². The van der Waals surface area contributed by atoms with Gasteiger partial charge < -0.3 is 14.8 Å². The molecule has 2 aliphatic rings. The fraction of sp³-hybridized carbons (Fsp3) is 0.450. The van der Waals surface area contributed by atoms with E-state index < -0.39 is 0 Å². The number of rotatable bonds is 5. The van der Waals surface area contributed by atoms with Crippen molar-refractivity contribution in [3.8, 4) is 5.88 Å². The lowest BCUT2D eigenvalue weighted by atomic mass is 9.89. The standard InChI is InChI=1S/C20H21FN4O2S/c21-13-1-2-17-16(9-13)25-20(28-17)24-14-10-15(11-14)27-19-18(22-5-6-23-19)12-3-7-26-8-4-12/h1-2,5-6,9,12,14-15H,3-4,7-8,10-11H2,(H,24,25)/t14-,15-. The van der Waals surface area contributed by atoms with Gasteiger partial charge in [0.1, 0.15) is 17.6 Å². The molecule has 2 aromatic heterocycles. The lowest BCUT2D eigenvalue weighted by Crippen LogP contribution is -2.42. The van der Waals surface area contributed by atoms with Crippen molar-refractivity contribution in [3.05, 3.63) is 42.1 Å². The van der Waals surface area contributed by atoms with Gasteiger partial charge >= 0.3 is 0 Å². The molecule has 28 heavy (non-hydrogen) atoms. The Labute approximate surface area is 166 Å². The first-order valence-corrected chi connectivity index (χ1v) is 10.4. The molecule has 1 aliphatic carbocycles. The second kappa shape index (κ2) is 7.60. The number of hydrogen-bond acceptors (Lipinski definition) is 7. The molecule has 6 nitrogen and oxygen atoms in total. The van der Waals surface area contributed by atoms with Crippen molar-refractivity contribution in [3.63, 3.8) is 0 Å². The van der Waals surface area contributed by atoms with Crippen molar-refractivity contribution in [2.45, 2.75) is 43.7 Å². The summed E-state index contributed by atoms with van der Waals surface area (Å²) in [5.74, 6) is 0.758. The van der Waals surface area contributed by atoms with Crippen LogP contribution in [0.2, 0.25) is 0 Å². The Bertz CT molecular complexity index is 970. The summed E-state index contributed by atoms with van der Waals surface area (Å²) in [5.41, 5.74) is 1.65. The van der Waals surface area contributed by atoms with E-state index in [0.717, 1.165) is 54.4 Å². The number of nitrogens with zero attached hydrogens (tertiary/aromatic N) is 3. The third-order valence-electron chi connectivity index (χ3n) is 5.35. The highest BCUT2D eigenvalue weighted by atomic mass is 32.1. The molecule has 2 fully saturated rings. The molecule has 0 atom stereocenters. The van der Waals surface area contributed by atoms with Crippen molar-refractivity contribution in [1.82, 2.24) is 15.0 Å². The van der Waals surface area contributed by atoms with E-state index >= 15 is 0 Å². The molecule has 1 aliphatic heterocycles. The predicted octanol–water partition coefficient (Wildman–Crippen LogP) is 4.14. The summed E-state index contributed by atoms with van der Waals surface area (Å²) in [6.07, 6.45) is 7.23. The number of benzene rings is 1. The van der Waals surface area contributed by atoms with Crippen molar-refractivity contribution in [1.29, 1.82) is 0 Å². The van der Waals surface area contributed by atoms with Crippen LogP contribution in [-0.4, -0.2) is 40.3 Å². The van der Waals surface area contributed by atoms with E-state index in [-0.39, 0.29) is 11.9 Å². The summed E-state index contributed by atoms with van der Waals surface area (Å²) in [5, 5.41) is 4.26. The quantitative estimate of drug-likeness (QED) is 0.694. The molecule has 1 saturated carbocycles. The van der Waals surface area contributed by atoms with Crippen molar-refractivity contribution < 1.29 is 13.9 Å². The molecule has 3 heterocycles. The van der Waals surface area contributed by atoms with Crippen LogP contribution in [0, 0.1) is 5.82 Å². The van der Waals surface area contributed by atoms with Gasteiger partial charge in [0, 0.05) is 56.5 Å². The third kappa shape index (κ3) is 3.66. The zero-order valence-electron chi connectivity index (χ0n) is 15.3. The van der Waals surface area contributed by atoms with E-state index in [1.807, 2.05) is 0 Å². The van der Waals surface area contributed by atoms with Crippen molar-refractivity contribution in [2.75, 3.05) is 18.5 Å². The zero-order chi connectivity index (χ0) is 18.9. The average molecular weight is 400 g/mol. The summed E-state index contributed by atoms with van der Waals surface area (Å²) in [7, 11) is 0. The Balaban J connectivity index is 1.19. The van der Waals surface area contributed by atoms with Gasteiger partial charge in [0.05, 0.1) is 10.2 Å². The van der Waals surface area contributed by atoms with Crippen LogP contribution in [0.15, 0.2) is 30.6 Å². The van der Waals surface area contributed by atoms with Gasteiger partial charge in [0.25, 0.3) is 0 Å². The molecule has 0 radical (unpaired) electrons. The normalized spacial score (nSPS) is 22.8. The summed E-state index contributed by atoms with van der Waals surface area (Å²) < 4.78 is 25.9. The van der Waals surface area contributed by atoms with Gasteiger partial charge in [-0.2, -0.15) is 0 Å². The van der Waals surface area contributed by atoms with E-state index in [1.165, 1.54) is 12.1 Å². The van der Waals surface area contributed by atoms with Crippen LogP contribution in [0.4, 0.5) is 9.52 Å². The maximum absolute atomic E-state index is 13.3. The van der Waals surface area contributed by atoms with Gasteiger partial charge in [-0.1, -0.05) is 11.3 Å². The largest absolute Gasteiger partial charge is 0.473 e. The highest BCUT2D eigenvalue weighted by molar-refractivity contribution is 7.22. The summed E-state index contributed by atoms with van der Waals surface area (Å²) in [6.45, 7) is 1.53. The van der Waals surface area contributed by atoms with Gasteiger partial charge in [-0.25, -0.2) is 14.4 Å². The molecule has 146 valence electrons. The van der Waals surface area contributed by atoms with Crippen LogP contribution in [0.25, 0.3) is 10.2 Å². The first-order valence-electron chi connectivity index (χ1n) is 9.62. The van der Waals surface area contributed by atoms with Crippen LogP contribution >= 0.6 is 11.3 Å². The summed E-state index contributed by atoms with van der Waals surface area (Å²) in [6, 6.07) is 5.01. The van der Waals surface area contributed by atoms with Crippen molar-refractivity contribution >= 4 is 26.7 Å². The molecule has 0 bridgehead atoms. The first-order chi connectivity index (χ1) is 13.7. The molecule has 5 rings (SSSR count).